The van der Waals surface area contributed by atoms with Crippen molar-refractivity contribution >= 4 is 0 Å². The van der Waals surface area contributed by atoms with E-state index in [-0.39, 0.29) is 6.61 Å². The molecule has 0 aliphatic carbocycles. The van der Waals surface area contributed by atoms with Gasteiger partial charge in [-0.25, -0.2) is 0 Å². The van der Waals surface area contributed by atoms with Crippen molar-refractivity contribution in [2.75, 3.05) is 19.8 Å². The van der Waals surface area contributed by atoms with Gasteiger partial charge in [-0.3, -0.25) is 0 Å². The maximum atomic E-state index is 9.88. The van der Waals surface area contributed by atoms with Crippen LogP contribution < -0.4 is 0 Å². The topological polar surface area (TPSA) is 79.2 Å². The lowest BCUT2D eigenvalue weighted by Crippen LogP contribution is -2.42. The van der Waals surface area contributed by atoms with Crippen molar-refractivity contribution in [2.45, 2.75) is 128 Å². The van der Waals surface area contributed by atoms with Gasteiger partial charge in [-0.05, 0) is 12.8 Å². The fourth-order valence-electron chi connectivity index (χ4n) is 4.07. The Morgan fingerprint density at radius 2 is 1.40 bits per heavy atom. The predicted molar refractivity (Wildman–Crippen MR) is 123 cm³/mol. The lowest BCUT2D eigenvalue weighted by Gasteiger charge is -2.23. The molecule has 1 saturated heterocycles. The van der Waals surface area contributed by atoms with Gasteiger partial charge < -0.3 is 24.8 Å². The van der Waals surface area contributed by atoms with Crippen LogP contribution in [0.3, 0.4) is 0 Å². The second-order valence-electron chi connectivity index (χ2n) is 8.77. The van der Waals surface area contributed by atoms with Gasteiger partial charge in [-0.2, -0.15) is 0 Å². The molecule has 30 heavy (non-hydrogen) atoms. The van der Waals surface area contributed by atoms with E-state index in [9.17, 15) is 10.2 Å². The van der Waals surface area contributed by atoms with Crippen molar-refractivity contribution in [1.29, 1.82) is 0 Å². The summed E-state index contributed by atoms with van der Waals surface area (Å²) in [7, 11) is 0. The van der Waals surface area contributed by atoms with Crippen molar-refractivity contribution in [3.8, 4) is 0 Å². The zero-order chi connectivity index (χ0) is 21.9. The predicted octanol–water partition coefficient (Wildman–Crippen LogP) is 4.91. The van der Waals surface area contributed by atoms with Crippen LogP contribution in [0.1, 0.15) is 103 Å². The molecule has 5 heteroatoms. The van der Waals surface area contributed by atoms with E-state index in [1.807, 2.05) is 6.08 Å². The minimum atomic E-state index is -1.02. The molecule has 0 unspecified atom stereocenters. The highest BCUT2D eigenvalue weighted by atomic mass is 16.6. The van der Waals surface area contributed by atoms with E-state index in [1.165, 1.54) is 89.9 Å². The molecular formula is C25H48O5. The first-order chi connectivity index (χ1) is 14.7. The zero-order valence-corrected chi connectivity index (χ0v) is 19.4. The second kappa shape index (κ2) is 19.2. The molecule has 1 aliphatic heterocycles. The number of allylic oxidation sites excluding steroid dienone is 1. The standard InChI is InChI=1S/C25H48O5/c1-2-3-4-5-6-7-8-9-10-11-12-13-14-15-16-17-18-19-29-25-23(28)21-30-24(25)22(27)20-26/h17-18,22-28H,2-16,19-21H2,1H3/b18-17+/t22-,23+,24+,25+/m1/s1. The first-order valence-corrected chi connectivity index (χ1v) is 12.6. The quantitative estimate of drug-likeness (QED) is 0.190. The van der Waals surface area contributed by atoms with Crippen LogP contribution in [0.5, 0.6) is 0 Å². The molecule has 0 bridgehead atoms. The molecule has 0 amide bonds. The highest BCUT2D eigenvalue weighted by Crippen LogP contribution is 2.21. The van der Waals surface area contributed by atoms with E-state index in [4.69, 9.17) is 14.6 Å². The molecule has 178 valence electrons. The zero-order valence-electron chi connectivity index (χ0n) is 19.4. The van der Waals surface area contributed by atoms with Crippen molar-refractivity contribution in [1.82, 2.24) is 0 Å². The van der Waals surface area contributed by atoms with Crippen LogP contribution in [0, 0.1) is 0 Å². The minimum Gasteiger partial charge on any atom is -0.394 e. The fraction of sp³-hybridized carbons (Fsp3) is 0.920. The van der Waals surface area contributed by atoms with Crippen LogP contribution in [-0.4, -0.2) is 59.6 Å². The Morgan fingerprint density at radius 1 is 0.867 bits per heavy atom. The summed E-state index contributed by atoms with van der Waals surface area (Å²) in [6, 6.07) is 0. The summed E-state index contributed by atoms with van der Waals surface area (Å²) in [4.78, 5) is 0. The van der Waals surface area contributed by atoms with Crippen molar-refractivity contribution < 1.29 is 24.8 Å². The number of unbranched alkanes of at least 4 members (excludes halogenated alkanes) is 14. The third-order valence-corrected chi connectivity index (χ3v) is 6.00. The number of aliphatic hydroxyl groups excluding tert-OH is 3. The Bertz CT molecular complexity index is 401. The van der Waals surface area contributed by atoms with Crippen LogP contribution >= 0.6 is 0 Å². The van der Waals surface area contributed by atoms with Crippen molar-refractivity contribution in [2.24, 2.45) is 0 Å². The van der Waals surface area contributed by atoms with Crippen LogP contribution in [0.25, 0.3) is 0 Å². The van der Waals surface area contributed by atoms with Crippen LogP contribution in [0.2, 0.25) is 0 Å². The number of ether oxygens (including phenoxy) is 2. The summed E-state index contributed by atoms with van der Waals surface area (Å²) in [5, 5.41) is 28.6. The van der Waals surface area contributed by atoms with Gasteiger partial charge in [0.1, 0.15) is 24.4 Å². The number of aliphatic hydroxyl groups is 3. The monoisotopic (exact) mass is 428 g/mol. The summed E-state index contributed by atoms with van der Waals surface area (Å²) in [6.07, 6.45) is 21.3. The highest BCUT2D eigenvalue weighted by molar-refractivity contribution is 4.91. The fourth-order valence-corrected chi connectivity index (χ4v) is 4.07. The highest BCUT2D eigenvalue weighted by Gasteiger charge is 2.40. The van der Waals surface area contributed by atoms with Crippen molar-refractivity contribution in [3.63, 3.8) is 0 Å². The van der Waals surface area contributed by atoms with Gasteiger partial charge in [0.05, 0.1) is 19.8 Å². The maximum Gasteiger partial charge on any atom is 0.115 e. The van der Waals surface area contributed by atoms with Gasteiger partial charge in [0.25, 0.3) is 0 Å². The molecule has 1 aliphatic rings. The third-order valence-electron chi connectivity index (χ3n) is 6.00. The van der Waals surface area contributed by atoms with Gasteiger partial charge >= 0.3 is 0 Å². The average molecular weight is 429 g/mol. The first kappa shape index (κ1) is 27.6. The Hall–Kier alpha value is -0.460. The molecule has 1 rings (SSSR count). The van der Waals surface area contributed by atoms with Crippen LogP contribution in [0.4, 0.5) is 0 Å². The molecule has 3 N–H and O–H groups in total. The molecule has 0 saturated carbocycles. The van der Waals surface area contributed by atoms with Gasteiger partial charge in [0, 0.05) is 0 Å². The lowest BCUT2D eigenvalue weighted by molar-refractivity contribution is -0.0879. The number of hydrogen-bond acceptors (Lipinski definition) is 5. The number of hydrogen-bond donors (Lipinski definition) is 3. The average Bonchev–Trinajstić information content (AvgIpc) is 3.12. The summed E-state index contributed by atoms with van der Waals surface area (Å²) in [6.45, 7) is 2.40. The lowest BCUT2D eigenvalue weighted by atomic mass is 10.0. The molecule has 0 aromatic rings. The molecule has 5 nitrogen and oxygen atoms in total. The Morgan fingerprint density at radius 3 is 1.93 bits per heavy atom. The van der Waals surface area contributed by atoms with Crippen molar-refractivity contribution in [3.05, 3.63) is 12.2 Å². The number of rotatable bonds is 20. The smallest absolute Gasteiger partial charge is 0.115 e. The molecule has 0 aromatic heterocycles. The Labute approximate surface area is 184 Å². The maximum absolute atomic E-state index is 9.88. The summed E-state index contributed by atoms with van der Waals surface area (Å²) in [5.74, 6) is 0. The molecular weight excluding hydrogens is 380 g/mol. The molecule has 0 aromatic carbocycles. The normalized spacial score (nSPS) is 22.9. The van der Waals surface area contributed by atoms with E-state index in [1.54, 1.807) is 0 Å². The van der Waals surface area contributed by atoms with E-state index in [0.29, 0.717) is 6.61 Å². The van der Waals surface area contributed by atoms with E-state index < -0.39 is 31.0 Å². The second-order valence-corrected chi connectivity index (χ2v) is 8.77. The third kappa shape index (κ3) is 13.1. The molecule has 1 heterocycles. The largest absolute Gasteiger partial charge is 0.394 e. The van der Waals surface area contributed by atoms with E-state index in [2.05, 4.69) is 13.0 Å². The van der Waals surface area contributed by atoms with E-state index in [0.717, 1.165) is 6.42 Å². The van der Waals surface area contributed by atoms with Gasteiger partial charge in [-0.1, -0.05) is 103 Å². The Kier molecular flexibility index (Phi) is 17.7. The van der Waals surface area contributed by atoms with Crippen LogP contribution in [-0.2, 0) is 9.47 Å². The Balaban J connectivity index is 1.86. The van der Waals surface area contributed by atoms with Gasteiger partial charge in [0.2, 0.25) is 0 Å². The van der Waals surface area contributed by atoms with Gasteiger partial charge in [0.15, 0.2) is 0 Å². The van der Waals surface area contributed by atoms with Crippen LogP contribution in [0.15, 0.2) is 12.2 Å². The summed E-state index contributed by atoms with van der Waals surface area (Å²) in [5.41, 5.74) is 0. The summed E-state index contributed by atoms with van der Waals surface area (Å²) >= 11 is 0. The molecule has 0 radical (unpaired) electrons. The first-order valence-electron chi connectivity index (χ1n) is 12.6. The van der Waals surface area contributed by atoms with Gasteiger partial charge in [-0.15, -0.1) is 0 Å². The van der Waals surface area contributed by atoms with E-state index >= 15 is 0 Å². The minimum absolute atomic E-state index is 0.134. The summed E-state index contributed by atoms with van der Waals surface area (Å²) < 4.78 is 11.0. The molecule has 1 fully saturated rings. The molecule has 4 atom stereocenters. The molecule has 0 spiro atoms. The SMILES string of the molecule is CCCCCCCCCCCCCCCC/C=C/CO[C@@H]1[C@H]([C@H](O)CO)OC[C@@H]1O.